The maximum Gasteiger partial charge on any atom is 0.305 e. The molecule has 6 nitrogen and oxygen atoms in total. The highest BCUT2D eigenvalue weighted by molar-refractivity contribution is 6.74. The SMILES string of the molecule is CCOC(=O)CCC(O[Si](C)(C)C(C)(C)C)c1cc(Cl)ccc1[N+](=O)[O-]. The number of nitro groups is 1. The lowest BCUT2D eigenvalue weighted by atomic mass is 10.0. The first-order valence-electron chi connectivity index (χ1n) is 8.66. The van der Waals surface area contributed by atoms with Gasteiger partial charge in [0, 0.05) is 17.5 Å². The van der Waals surface area contributed by atoms with Crippen LogP contribution in [0.15, 0.2) is 18.2 Å². The average molecular weight is 402 g/mol. The predicted molar refractivity (Wildman–Crippen MR) is 105 cm³/mol. The smallest absolute Gasteiger partial charge is 0.305 e. The molecule has 0 amide bonds. The molecule has 1 unspecified atom stereocenters. The van der Waals surface area contributed by atoms with E-state index in [-0.39, 0.29) is 23.1 Å². The molecule has 0 aliphatic carbocycles. The third-order valence-corrected chi connectivity index (χ3v) is 9.41. The molecule has 0 fully saturated rings. The van der Waals surface area contributed by atoms with Gasteiger partial charge in [0.15, 0.2) is 8.32 Å². The third kappa shape index (κ3) is 6.07. The summed E-state index contributed by atoms with van der Waals surface area (Å²) in [6, 6.07) is 4.42. The summed E-state index contributed by atoms with van der Waals surface area (Å²) in [5.41, 5.74) is 0.346. The van der Waals surface area contributed by atoms with Crippen molar-refractivity contribution >= 4 is 31.6 Å². The second kappa shape index (κ2) is 8.97. The van der Waals surface area contributed by atoms with Crippen molar-refractivity contribution in [3.8, 4) is 0 Å². The minimum absolute atomic E-state index is 0.0537. The van der Waals surface area contributed by atoms with Crippen LogP contribution in [0.3, 0.4) is 0 Å². The van der Waals surface area contributed by atoms with Crippen LogP contribution in [0.5, 0.6) is 0 Å². The van der Waals surface area contributed by atoms with Gasteiger partial charge in [-0.15, -0.1) is 0 Å². The molecule has 0 N–H and O–H groups in total. The molecule has 26 heavy (non-hydrogen) atoms. The Morgan fingerprint density at radius 2 is 1.96 bits per heavy atom. The fraction of sp³-hybridized carbons (Fsp3) is 0.611. The number of nitrogens with zero attached hydrogens (tertiary/aromatic N) is 1. The predicted octanol–water partition coefficient (Wildman–Crippen LogP) is 5.65. The molecule has 0 saturated heterocycles. The minimum atomic E-state index is -2.23. The molecule has 0 saturated carbocycles. The van der Waals surface area contributed by atoms with Gasteiger partial charge in [0.05, 0.1) is 23.2 Å². The van der Waals surface area contributed by atoms with Crippen molar-refractivity contribution in [1.82, 2.24) is 0 Å². The van der Waals surface area contributed by atoms with Crippen molar-refractivity contribution in [2.24, 2.45) is 0 Å². The van der Waals surface area contributed by atoms with Gasteiger partial charge >= 0.3 is 5.97 Å². The summed E-state index contributed by atoms with van der Waals surface area (Å²) in [5, 5.41) is 11.8. The number of rotatable bonds is 8. The summed E-state index contributed by atoms with van der Waals surface area (Å²) in [7, 11) is -2.23. The quantitative estimate of drug-likeness (QED) is 0.243. The van der Waals surface area contributed by atoms with Crippen molar-refractivity contribution in [3.63, 3.8) is 0 Å². The Balaban J connectivity index is 3.26. The van der Waals surface area contributed by atoms with E-state index < -0.39 is 19.3 Å². The van der Waals surface area contributed by atoms with Crippen LogP contribution in [0.1, 0.15) is 52.2 Å². The Bertz CT molecular complexity index is 657. The summed E-state index contributed by atoms with van der Waals surface area (Å²) < 4.78 is 11.4. The molecule has 0 radical (unpaired) electrons. The van der Waals surface area contributed by atoms with Crippen molar-refractivity contribution in [2.75, 3.05) is 6.61 Å². The first-order chi connectivity index (χ1) is 11.9. The molecule has 0 aliphatic heterocycles. The van der Waals surface area contributed by atoms with E-state index in [1.807, 2.05) is 0 Å². The van der Waals surface area contributed by atoms with E-state index in [4.69, 9.17) is 20.8 Å². The molecule has 1 rings (SSSR count). The number of esters is 1. The van der Waals surface area contributed by atoms with Gasteiger partial charge in [-0.3, -0.25) is 14.9 Å². The van der Waals surface area contributed by atoms with E-state index in [2.05, 4.69) is 33.9 Å². The topological polar surface area (TPSA) is 78.7 Å². The van der Waals surface area contributed by atoms with Gasteiger partial charge in [0.1, 0.15) is 0 Å². The molecular formula is C18H28ClNO5Si. The highest BCUT2D eigenvalue weighted by Crippen LogP contribution is 2.42. The largest absolute Gasteiger partial charge is 0.466 e. The fourth-order valence-electron chi connectivity index (χ4n) is 2.24. The summed E-state index contributed by atoms with van der Waals surface area (Å²) >= 11 is 6.08. The number of nitro benzene ring substituents is 1. The van der Waals surface area contributed by atoms with Gasteiger partial charge in [-0.1, -0.05) is 32.4 Å². The van der Waals surface area contributed by atoms with Crippen LogP contribution in [0.2, 0.25) is 23.2 Å². The lowest BCUT2D eigenvalue weighted by Crippen LogP contribution is -2.42. The van der Waals surface area contributed by atoms with Crippen LogP contribution in [0.4, 0.5) is 5.69 Å². The van der Waals surface area contributed by atoms with Crippen LogP contribution in [-0.2, 0) is 14.0 Å². The van der Waals surface area contributed by atoms with Crippen LogP contribution in [-0.4, -0.2) is 25.8 Å². The van der Waals surface area contributed by atoms with Gasteiger partial charge in [-0.2, -0.15) is 0 Å². The van der Waals surface area contributed by atoms with Crippen LogP contribution in [0, 0.1) is 10.1 Å². The zero-order valence-electron chi connectivity index (χ0n) is 16.3. The Labute approximate surface area is 161 Å². The van der Waals surface area contributed by atoms with E-state index in [0.717, 1.165) is 0 Å². The molecule has 1 aromatic rings. The molecule has 0 spiro atoms. The maximum atomic E-state index is 11.8. The standard InChI is InChI=1S/C18H28ClNO5Si/c1-7-24-17(21)11-10-16(25-26(5,6)18(2,3)4)14-12-13(19)8-9-15(14)20(22)23/h8-9,12,16H,7,10-11H2,1-6H3. The Hall–Kier alpha value is -1.44. The third-order valence-electron chi connectivity index (χ3n) is 4.69. The minimum Gasteiger partial charge on any atom is -0.466 e. The van der Waals surface area contributed by atoms with E-state index in [1.165, 1.54) is 12.1 Å². The van der Waals surface area contributed by atoms with E-state index in [0.29, 0.717) is 23.6 Å². The molecule has 0 bridgehead atoms. The fourth-order valence-corrected chi connectivity index (χ4v) is 3.73. The van der Waals surface area contributed by atoms with E-state index >= 15 is 0 Å². The number of hydrogen-bond acceptors (Lipinski definition) is 5. The number of halogens is 1. The zero-order valence-corrected chi connectivity index (χ0v) is 18.1. The van der Waals surface area contributed by atoms with Crippen LogP contribution in [0.25, 0.3) is 0 Å². The number of benzene rings is 1. The van der Waals surface area contributed by atoms with Crippen molar-refractivity contribution in [3.05, 3.63) is 38.9 Å². The van der Waals surface area contributed by atoms with E-state index in [9.17, 15) is 14.9 Å². The second-order valence-electron chi connectivity index (χ2n) is 7.67. The molecule has 1 aromatic carbocycles. The number of hydrogen-bond donors (Lipinski definition) is 0. The first kappa shape index (κ1) is 22.6. The van der Waals surface area contributed by atoms with Gasteiger partial charge in [-0.25, -0.2) is 0 Å². The highest BCUT2D eigenvalue weighted by atomic mass is 35.5. The highest BCUT2D eigenvalue weighted by Gasteiger charge is 2.40. The summed E-state index contributed by atoms with van der Waals surface area (Å²) in [6.07, 6.45) is -0.178. The number of carbonyl (C=O) groups excluding carboxylic acids is 1. The molecule has 146 valence electrons. The van der Waals surface area contributed by atoms with Gasteiger partial charge in [0.2, 0.25) is 0 Å². The summed E-state index contributed by atoms with van der Waals surface area (Å²) in [4.78, 5) is 22.8. The van der Waals surface area contributed by atoms with Crippen molar-refractivity contribution in [2.45, 2.75) is 64.8 Å². The van der Waals surface area contributed by atoms with Gasteiger partial charge in [0.25, 0.3) is 5.69 Å². The molecule has 8 heteroatoms. The lowest BCUT2D eigenvalue weighted by molar-refractivity contribution is -0.386. The molecule has 0 heterocycles. The Morgan fingerprint density at radius 1 is 1.35 bits per heavy atom. The normalized spacial score (nSPS) is 13.3. The van der Waals surface area contributed by atoms with Crippen molar-refractivity contribution in [1.29, 1.82) is 0 Å². The first-order valence-corrected chi connectivity index (χ1v) is 11.9. The number of ether oxygens (including phenoxy) is 1. The molecule has 0 aromatic heterocycles. The summed E-state index contributed by atoms with van der Waals surface area (Å²) in [5.74, 6) is -0.346. The van der Waals surface area contributed by atoms with Crippen LogP contribution < -0.4 is 0 Å². The number of carbonyl (C=O) groups is 1. The molecule has 0 aliphatic rings. The lowest BCUT2D eigenvalue weighted by Gasteiger charge is -2.39. The van der Waals surface area contributed by atoms with Gasteiger partial charge in [-0.05, 0) is 43.6 Å². The maximum absolute atomic E-state index is 11.8. The van der Waals surface area contributed by atoms with Crippen LogP contribution >= 0.6 is 11.6 Å². The van der Waals surface area contributed by atoms with Gasteiger partial charge < -0.3 is 9.16 Å². The molecule has 1 atom stereocenters. The zero-order chi connectivity index (χ0) is 20.1. The van der Waals surface area contributed by atoms with E-state index in [1.54, 1.807) is 13.0 Å². The average Bonchev–Trinajstić information content (AvgIpc) is 2.50. The monoisotopic (exact) mass is 401 g/mol. The Kier molecular flexibility index (Phi) is 7.80. The second-order valence-corrected chi connectivity index (χ2v) is 12.9. The molecular weight excluding hydrogens is 374 g/mol. The van der Waals surface area contributed by atoms with Crippen molar-refractivity contribution < 1.29 is 18.9 Å². The Morgan fingerprint density at radius 3 is 2.46 bits per heavy atom. The summed E-state index contributed by atoms with van der Waals surface area (Å²) in [6.45, 7) is 12.4.